The van der Waals surface area contributed by atoms with Gasteiger partial charge in [-0.1, -0.05) is 11.6 Å². The monoisotopic (exact) mass is 241 g/mol. The van der Waals surface area contributed by atoms with Crippen LogP contribution in [0.1, 0.15) is 30.0 Å². The standard InChI is InChI=1S/C12H16ClNO2/c1-7-8(13)6-10(16-2)12(15)11(7)9-4-3-5-14-9/h6,9,14-15H,3-5H2,1-2H3. The maximum Gasteiger partial charge on any atom is 0.162 e. The minimum Gasteiger partial charge on any atom is -0.504 e. The van der Waals surface area contributed by atoms with Crippen LogP contribution >= 0.6 is 11.6 Å². The number of phenolic OH excluding ortho intramolecular Hbond substituents is 1. The van der Waals surface area contributed by atoms with Gasteiger partial charge in [-0.25, -0.2) is 0 Å². The van der Waals surface area contributed by atoms with Crippen LogP contribution in [0.4, 0.5) is 0 Å². The van der Waals surface area contributed by atoms with Crippen LogP contribution in [0.5, 0.6) is 11.5 Å². The summed E-state index contributed by atoms with van der Waals surface area (Å²) in [7, 11) is 1.53. The molecule has 88 valence electrons. The number of aromatic hydroxyl groups is 1. The molecule has 0 saturated carbocycles. The molecule has 1 saturated heterocycles. The number of benzene rings is 1. The Morgan fingerprint density at radius 2 is 2.31 bits per heavy atom. The largest absolute Gasteiger partial charge is 0.504 e. The topological polar surface area (TPSA) is 41.5 Å². The van der Waals surface area contributed by atoms with Gasteiger partial charge in [0.25, 0.3) is 0 Å². The summed E-state index contributed by atoms with van der Waals surface area (Å²) in [6.45, 7) is 2.91. The lowest BCUT2D eigenvalue weighted by Gasteiger charge is -2.18. The van der Waals surface area contributed by atoms with Gasteiger partial charge in [-0.3, -0.25) is 0 Å². The molecule has 0 spiro atoms. The summed E-state index contributed by atoms with van der Waals surface area (Å²) in [6.07, 6.45) is 2.15. The molecule has 0 amide bonds. The van der Waals surface area contributed by atoms with Gasteiger partial charge in [0.05, 0.1) is 7.11 Å². The van der Waals surface area contributed by atoms with E-state index in [-0.39, 0.29) is 11.8 Å². The van der Waals surface area contributed by atoms with Crippen molar-refractivity contribution in [2.24, 2.45) is 0 Å². The van der Waals surface area contributed by atoms with Crippen LogP contribution in [0.25, 0.3) is 0 Å². The molecule has 1 atom stereocenters. The van der Waals surface area contributed by atoms with Crippen LogP contribution in [-0.2, 0) is 0 Å². The van der Waals surface area contributed by atoms with Gasteiger partial charge in [-0.2, -0.15) is 0 Å². The van der Waals surface area contributed by atoms with Gasteiger partial charge in [-0.15, -0.1) is 0 Å². The Hall–Kier alpha value is -0.930. The second-order valence-corrected chi connectivity index (χ2v) is 4.50. The second-order valence-electron chi connectivity index (χ2n) is 4.10. The first-order valence-corrected chi connectivity index (χ1v) is 5.82. The van der Waals surface area contributed by atoms with Gasteiger partial charge in [-0.05, 0) is 31.9 Å². The molecule has 0 radical (unpaired) electrons. The van der Waals surface area contributed by atoms with Crippen LogP contribution in [0, 0.1) is 6.92 Å². The number of methoxy groups -OCH3 is 1. The fourth-order valence-electron chi connectivity index (χ4n) is 2.24. The summed E-state index contributed by atoms with van der Waals surface area (Å²) in [6, 6.07) is 1.85. The molecule has 16 heavy (non-hydrogen) atoms. The Balaban J connectivity index is 2.52. The third kappa shape index (κ3) is 1.85. The quantitative estimate of drug-likeness (QED) is 0.837. The molecule has 0 aromatic heterocycles. The van der Waals surface area contributed by atoms with E-state index >= 15 is 0 Å². The minimum atomic E-state index is 0.188. The van der Waals surface area contributed by atoms with Crippen molar-refractivity contribution in [1.82, 2.24) is 5.32 Å². The molecule has 1 heterocycles. The molecule has 1 aliphatic rings. The van der Waals surface area contributed by atoms with Crippen LogP contribution in [-0.4, -0.2) is 18.8 Å². The Morgan fingerprint density at radius 1 is 1.56 bits per heavy atom. The average molecular weight is 242 g/mol. The van der Waals surface area contributed by atoms with Crippen LogP contribution in [0.3, 0.4) is 0 Å². The van der Waals surface area contributed by atoms with Crippen molar-refractivity contribution in [2.45, 2.75) is 25.8 Å². The van der Waals surface area contributed by atoms with Gasteiger partial charge in [0.15, 0.2) is 11.5 Å². The summed E-state index contributed by atoms with van der Waals surface area (Å²) in [5.74, 6) is 0.656. The molecular weight excluding hydrogens is 226 g/mol. The maximum absolute atomic E-state index is 10.1. The average Bonchev–Trinajstić information content (AvgIpc) is 2.77. The fourth-order valence-corrected chi connectivity index (χ4v) is 2.44. The van der Waals surface area contributed by atoms with Gasteiger partial charge in [0.2, 0.25) is 0 Å². The van der Waals surface area contributed by atoms with Crippen LogP contribution < -0.4 is 10.1 Å². The first kappa shape index (κ1) is 11.6. The van der Waals surface area contributed by atoms with Crippen molar-refractivity contribution in [1.29, 1.82) is 0 Å². The molecule has 0 bridgehead atoms. The highest BCUT2D eigenvalue weighted by atomic mass is 35.5. The van der Waals surface area contributed by atoms with Crippen molar-refractivity contribution >= 4 is 11.6 Å². The lowest BCUT2D eigenvalue weighted by molar-refractivity contribution is 0.367. The summed E-state index contributed by atoms with van der Waals surface area (Å²) in [4.78, 5) is 0. The third-order valence-corrected chi connectivity index (χ3v) is 3.53. The van der Waals surface area contributed by atoms with E-state index in [4.69, 9.17) is 16.3 Å². The Bertz CT molecular complexity index is 400. The normalized spacial score (nSPS) is 20.1. The Morgan fingerprint density at radius 3 is 2.88 bits per heavy atom. The number of nitrogens with one attached hydrogen (secondary N) is 1. The number of ether oxygens (including phenoxy) is 1. The number of rotatable bonds is 2. The molecule has 4 heteroatoms. The smallest absolute Gasteiger partial charge is 0.162 e. The lowest BCUT2D eigenvalue weighted by Crippen LogP contribution is -2.14. The fraction of sp³-hybridized carbons (Fsp3) is 0.500. The summed E-state index contributed by atoms with van der Waals surface area (Å²) in [5.41, 5.74) is 1.81. The molecule has 2 rings (SSSR count). The molecule has 1 unspecified atom stereocenters. The highest BCUT2D eigenvalue weighted by Gasteiger charge is 2.24. The number of phenols is 1. The molecule has 2 N–H and O–H groups in total. The van der Waals surface area contributed by atoms with E-state index in [1.165, 1.54) is 7.11 Å². The summed E-state index contributed by atoms with van der Waals surface area (Å²) >= 11 is 6.13. The van der Waals surface area contributed by atoms with Crippen molar-refractivity contribution in [2.75, 3.05) is 13.7 Å². The zero-order valence-corrected chi connectivity index (χ0v) is 10.3. The molecule has 1 fully saturated rings. The van der Waals surface area contributed by atoms with Crippen molar-refractivity contribution < 1.29 is 9.84 Å². The van der Waals surface area contributed by atoms with Gasteiger partial charge >= 0.3 is 0 Å². The van der Waals surface area contributed by atoms with Crippen molar-refractivity contribution in [3.8, 4) is 11.5 Å². The van der Waals surface area contributed by atoms with Crippen LogP contribution in [0.2, 0.25) is 5.02 Å². The predicted octanol–water partition coefficient (Wildman–Crippen LogP) is 2.79. The van der Waals surface area contributed by atoms with E-state index in [0.717, 1.165) is 30.5 Å². The van der Waals surface area contributed by atoms with E-state index in [0.29, 0.717) is 10.8 Å². The van der Waals surface area contributed by atoms with E-state index in [9.17, 15) is 5.11 Å². The van der Waals surface area contributed by atoms with Crippen LogP contribution in [0.15, 0.2) is 6.07 Å². The molecule has 1 aromatic rings. The van der Waals surface area contributed by atoms with Crippen molar-refractivity contribution in [3.05, 3.63) is 22.2 Å². The van der Waals surface area contributed by atoms with Gasteiger partial charge in [0, 0.05) is 22.7 Å². The summed E-state index contributed by atoms with van der Waals surface area (Å²) < 4.78 is 5.12. The van der Waals surface area contributed by atoms with Gasteiger partial charge in [0.1, 0.15) is 0 Å². The molecular formula is C12H16ClNO2. The SMILES string of the molecule is COc1cc(Cl)c(C)c(C2CCCN2)c1O. The maximum atomic E-state index is 10.1. The highest BCUT2D eigenvalue weighted by molar-refractivity contribution is 6.31. The molecule has 1 aromatic carbocycles. The second kappa shape index (κ2) is 4.52. The summed E-state index contributed by atoms with van der Waals surface area (Å²) in [5, 5.41) is 14.1. The zero-order valence-electron chi connectivity index (χ0n) is 9.51. The van der Waals surface area contributed by atoms with E-state index in [2.05, 4.69) is 5.32 Å². The lowest BCUT2D eigenvalue weighted by atomic mass is 9.98. The number of hydrogen-bond donors (Lipinski definition) is 2. The van der Waals surface area contributed by atoms with Crippen molar-refractivity contribution in [3.63, 3.8) is 0 Å². The highest BCUT2D eigenvalue weighted by Crippen LogP contribution is 2.42. The third-order valence-electron chi connectivity index (χ3n) is 3.14. The minimum absolute atomic E-state index is 0.188. The van der Waals surface area contributed by atoms with E-state index < -0.39 is 0 Å². The molecule has 1 aliphatic heterocycles. The Labute approximate surface area is 100 Å². The number of halogens is 1. The predicted molar refractivity (Wildman–Crippen MR) is 64.4 cm³/mol. The molecule has 0 aliphatic carbocycles. The first-order valence-electron chi connectivity index (χ1n) is 5.44. The van der Waals surface area contributed by atoms with Gasteiger partial charge < -0.3 is 15.2 Å². The van der Waals surface area contributed by atoms with E-state index in [1.807, 2.05) is 6.92 Å². The zero-order chi connectivity index (χ0) is 11.7. The number of hydrogen-bond acceptors (Lipinski definition) is 3. The van der Waals surface area contributed by atoms with E-state index in [1.54, 1.807) is 6.07 Å². The molecule has 3 nitrogen and oxygen atoms in total. The first-order chi connectivity index (χ1) is 7.65. The Kier molecular flexibility index (Phi) is 3.26.